The summed E-state index contributed by atoms with van der Waals surface area (Å²) in [6, 6.07) is 3.62. The highest BCUT2D eigenvalue weighted by Crippen LogP contribution is 2.34. The SMILES string of the molecule is C[Si](C)(C)C[C@@](O)(CCl)c1ccc(F)cc1F. The van der Waals surface area contributed by atoms with Gasteiger partial charge in [0, 0.05) is 19.7 Å². The molecule has 96 valence electrons. The van der Waals surface area contributed by atoms with E-state index in [1.54, 1.807) is 0 Å². The van der Waals surface area contributed by atoms with Crippen molar-refractivity contribution in [3.05, 3.63) is 35.4 Å². The first-order valence-electron chi connectivity index (χ1n) is 5.42. The highest BCUT2D eigenvalue weighted by atomic mass is 35.5. The molecule has 0 fully saturated rings. The highest BCUT2D eigenvalue weighted by Gasteiger charge is 2.36. The zero-order valence-corrected chi connectivity index (χ0v) is 12.0. The van der Waals surface area contributed by atoms with Gasteiger partial charge in [0.2, 0.25) is 0 Å². The van der Waals surface area contributed by atoms with Crippen LogP contribution < -0.4 is 0 Å². The van der Waals surface area contributed by atoms with Crippen LogP contribution in [0.25, 0.3) is 0 Å². The van der Waals surface area contributed by atoms with E-state index >= 15 is 0 Å². The van der Waals surface area contributed by atoms with E-state index in [0.29, 0.717) is 6.04 Å². The van der Waals surface area contributed by atoms with Gasteiger partial charge in [-0.3, -0.25) is 0 Å². The van der Waals surface area contributed by atoms with E-state index in [-0.39, 0.29) is 11.4 Å². The summed E-state index contributed by atoms with van der Waals surface area (Å²) in [7, 11) is -1.63. The average Bonchev–Trinajstić information content (AvgIpc) is 2.14. The molecule has 0 amide bonds. The fraction of sp³-hybridized carbons (Fsp3) is 0.500. The zero-order chi connectivity index (χ0) is 13.3. The molecule has 1 aromatic rings. The van der Waals surface area contributed by atoms with Crippen molar-refractivity contribution in [3.8, 4) is 0 Å². The Morgan fingerprint density at radius 3 is 2.29 bits per heavy atom. The van der Waals surface area contributed by atoms with Gasteiger partial charge in [0.15, 0.2) is 0 Å². The van der Waals surface area contributed by atoms with Crippen molar-refractivity contribution in [2.24, 2.45) is 0 Å². The Hall–Kier alpha value is -0.453. The zero-order valence-electron chi connectivity index (χ0n) is 10.2. The largest absolute Gasteiger partial charge is 0.384 e. The summed E-state index contributed by atoms with van der Waals surface area (Å²) in [5.74, 6) is -1.50. The van der Waals surface area contributed by atoms with E-state index in [0.717, 1.165) is 12.1 Å². The first-order chi connectivity index (χ1) is 7.68. The van der Waals surface area contributed by atoms with Crippen LogP contribution >= 0.6 is 11.6 Å². The van der Waals surface area contributed by atoms with Gasteiger partial charge in [0.1, 0.15) is 17.2 Å². The van der Waals surface area contributed by atoms with Gasteiger partial charge in [-0.25, -0.2) is 8.78 Å². The maximum Gasteiger partial charge on any atom is 0.132 e. The molecule has 0 aliphatic carbocycles. The second kappa shape index (κ2) is 5.04. The van der Waals surface area contributed by atoms with Gasteiger partial charge < -0.3 is 5.11 Å². The Labute approximate surface area is 106 Å². The molecule has 0 saturated heterocycles. The minimum Gasteiger partial charge on any atom is -0.384 e. The molecule has 0 aliphatic heterocycles. The average molecular weight is 279 g/mol. The van der Waals surface area contributed by atoms with Gasteiger partial charge >= 0.3 is 0 Å². The van der Waals surface area contributed by atoms with E-state index in [4.69, 9.17) is 11.6 Å². The molecule has 17 heavy (non-hydrogen) atoms. The molecule has 0 unspecified atom stereocenters. The first-order valence-corrected chi connectivity index (χ1v) is 9.66. The third-order valence-corrected chi connectivity index (χ3v) is 4.56. The summed E-state index contributed by atoms with van der Waals surface area (Å²) in [5.41, 5.74) is -1.33. The summed E-state index contributed by atoms with van der Waals surface area (Å²) in [4.78, 5) is 0. The number of rotatable bonds is 4. The van der Waals surface area contributed by atoms with Crippen LogP contribution in [0, 0.1) is 11.6 Å². The molecular formula is C12H17ClF2OSi. The van der Waals surface area contributed by atoms with Crippen molar-refractivity contribution in [1.29, 1.82) is 0 Å². The fourth-order valence-electron chi connectivity index (χ4n) is 1.96. The Kier molecular flexibility index (Phi) is 4.33. The molecule has 1 atom stereocenters. The molecule has 1 aromatic carbocycles. The maximum absolute atomic E-state index is 13.7. The van der Waals surface area contributed by atoms with Crippen molar-refractivity contribution in [2.75, 3.05) is 5.88 Å². The third kappa shape index (κ3) is 3.76. The monoisotopic (exact) mass is 278 g/mol. The smallest absolute Gasteiger partial charge is 0.132 e. The number of benzene rings is 1. The number of hydrogen-bond acceptors (Lipinski definition) is 1. The second-order valence-corrected chi connectivity index (χ2v) is 11.3. The summed E-state index contributed by atoms with van der Waals surface area (Å²) < 4.78 is 26.5. The van der Waals surface area contributed by atoms with Crippen molar-refractivity contribution in [1.82, 2.24) is 0 Å². The Bertz CT molecular complexity index is 406. The fourth-order valence-corrected chi connectivity index (χ4v) is 4.43. The molecule has 0 spiro atoms. The molecule has 1 nitrogen and oxygen atoms in total. The lowest BCUT2D eigenvalue weighted by atomic mass is 9.97. The lowest BCUT2D eigenvalue weighted by Gasteiger charge is -2.32. The highest BCUT2D eigenvalue weighted by molar-refractivity contribution is 6.76. The molecule has 1 rings (SSSR count). The molecular weight excluding hydrogens is 262 g/mol. The molecule has 0 aromatic heterocycles. The van der Waals surface area contributed by atoms with E-state index in [9.17, 15) is 13.9 Å². The van der Waals surface area contributed by atoms with Crippen LogP contribution in [0.5, 0.6) is 0 Å². The minimum absolute atomic E-state index is 0.0799. The topological polar surface area (TPSA) is 20.2 Å². The minimum atomic E-state index is -1.63. The van der Waals surface area contributed by atoms with Crippen LogP contribution in [0.4, 0.5) is 8.78 Å². The van der Waals surface area contributed by atoms with Crippen LogP contribution in [0.3, 0.4) is 0 Å². The summed E-state index contributed by atoms with van der Waals surface area (Å²) in [5, 5.41) is 10.4. The maximum atomic E-state index is 13.7. The number of aliphatic hydroxyl groups is 1. The van der Waals surface area contributed by atoms with Crippen LogP contribution in [0.2, 0.25) is 25.7 Å². The Morgan fingerprint density at radius 1 is 1.29 bits per heavy atom. The molecule has 0 saturated carbocycles. The number of alkyl halides is 1. The summed E-state index contributed by atoms with van der Waals surface area (Å²) in [6.07, 6.45) is 0. The lowest BCUT2D eigenvalue weighted by molar-refractivity contribution is 0.0766. The predicted molar refractivity (Wildman–Crippen MR) is 69.1 cm³/mol. The van der Waals surface area contributed by atoms with Gasteiger partial charge in [0.05, 0.1) is 5.88 Å². The first kappa shape index (κ1) is 14.6. The lowest BCUT2D eigenvalue weighted by Crippen LogP contribution is -2.38. The van der Waals surface area contributed by atoms with Crippen molar-refractivity contribution in [3.63, 3.8) is 0 Å². The summed E-state index contributed by atoms with van der Waals surface area (Å²) in [6.45, 7) is 6.18. The number of hydrogen-bond donors (Lipinski definition) is 1. The summed E-state index contributed by atoms with van der Waals surface area (Å²) >= 11 is 5.77. The Morgan fingerprint density at radius 2 is 1.88 bits per heavy atom. The quantitative estimate of drug-likeness (QED) is 0.657. The van der Waals surface area contributed by atoms with Gasteiger partial charge in [0.25, 0.3) is 0 Å². The molecule has 0 heterocycles. The van der Waals surface area contributed by atoms with Crippen LogP contribution in [0.15, 0.2) is 18.2 Å². The van der Waals surface area contributed by atoms with Crippen LogP contribution in [0.1, 0.15) is 5.56 Å². The molecule has 1 N–H and O–H groups in total. The van der Waals surface area contributed by atoms with Crippen molar-refractivity contribution < 1.29 is 13.9 Å². The van der Waals surface area contributed by atoms with E-state index < -0.39 is 25.3 Å². The second-order valence-electron chi connectivity index (χ2n) is 5.53. The van der Waals surface area contributed by atoms with Crippen molar-refractivity contribution in [2.45, 2.75) is 31.3 Å². The van der Waals surface area contributed by atoms with Gasteiger partial charge in [-0.05, 0) is 12.1 Å². The van der Waals surface area contributed by atoms with Gasteiger partial charge in [-0.1, -0.05) is 25.7 Å². The molecule has 5 heteroatoms. The van der Waals surface area contributed by atoms with E-state index in [1.807, 2.05) is 0 Å². The standard InChI is InChI=1S/C12H17ClF2OSi/c1-17(2,3)8-12(16,7-13)10-5-4-9(14)6-11(10)15/h4-6,16H,7-8H2,1-3H3/t12-/m0/s1. The van der Waals surface area contributed by atoms with Crippen molar-refractivity contribution >= 4 is 19.7 Å². The van der Waals surface area contributed by atoms with E-state index in [2.05, 4.69) is 19.6 Å². The normalized spacial score (nSPS) is 15.7. The third-order valence-electron chi connectivity index (χ3n) is 2.48. The van der Waals surface area contributed by atoms with Gasteiger partial charge in [-0.2, -0.15) is 0 Å². The Balaban J connectivity index is 3.16. The predicted octanol–water partition coefficient (Wildman–Crippen LogP) is 3.73. The van der Waals surface area contributed by atoms with Crippen LogP contribution in [-0.2, 0) is 5.60 Å². The van der Waals surface area contributed by atoms with Gasteiger partial charge in [-0.15, -0.1) is 11.6 Å². The molecule has 0 radical (unpaired) electrons. The van der Waals surface area contributed by atoms with E-state index in [1.165, 1.54) is 6.07 Å². The molecule has 0 aliphatic rings. The molecule has 0 bridgehead atoms. The number of halogens is 3. The van der Waals surface area contributed by atoms with Crippen LogP contribution in [-0.4, -0.2) is 19.1 Å².